The molecule has 0 spiro atoms. The molecule has 0 unspecified atom stereocenters. The van der Waals surface area contributed by atoms with Crippen molar-refractivity contribution in [2.45, 2.75) is 83.3 Å². The van der Waals surface area contributed by atoms with Crippen molar-refractivity contribution in [3.8, 4) is 28.4 Å². The minimum absolute atomic E-state index is 0.0485. The molecule has 6 heteroatoms. The van der Waals surface area contributed by atoms with E-state index in [2.05, 4.69) is 6.92 Å². The Morgan fingerprint density at radius 3 is 2.49 bits per heavy atom. The summed E-state index contributed by atoms with van der Waals surface area (Å²) in [5, 5.41) is 9.33. The van der Waals surface area contributed by atoms with E-state index in [0.29, 0.717) is 35.0 Å². The summed E-state index contributed by atoms with van der Waals surface area (Å²) < 4.78 is 33.0. The molecule has 1 aliphatic carbocycles. The fourth-order valence-corrected chi connectivity index (χ4v) is 5.32. The van der Waals surface area contributed by atoms with E-state index in [1.807, 2.05) is 42.5 Å². The van der Waals surface area contributed by atoms with E-state index in [4.69, 9.17) is 14.2 Å². The molecular weight excluding hydrogens is 495 g/mol. The molecule has 0 heterocycles. The molecule has 1 saturated carbocycles. The summed E-state index contributed by atoms with van der Waals surface area (Å²) in [5.74, 6) is 0.747. The van der Waals surface area contributed by atoms with Gasteiger partial charge in [0.1, 0.15) is 29.7 Å². The van der Waals surface area contributed by atoms with Crippen LogP contribution in [0, 0.1) is 5.82 Å². The van der Waals surface area contributed by atoms with Crippen molar-refractivity contribution in [1.29, 1.82) is 0 Å². The number of carboxylic acid groups (broad SMARTS) is 1. The van der Waals surface area contributed by atoms with E-state index in [1.54, 1.807) is 19.2 Å². The third-order valence-electron chi connectivity index (χ3n) is 7.40. The number of hydrogen-bond acceptors (Lipinski definition) is 4. The van der Waals surface area contributed by atoms with Crippen LogP contribution in [0.5, 0.6) is 17.2 Å². The SMILES string of the molecule is CCC[C@H](CC(=O)O)c1cccc(OCc2ccc(-c3cc(OC)ccc3F)c(OC3CCCCCC3)c2)c1. The van der Waals surface area contributed by atoms with Gasteiger partial charge >= 0.3 is 5.97 Å². The lowest BCUT2D eigenvalue weighted by Crippen LogP contribution is -2.16. The summed E-state index contributed by atoms with van der Waals surface area (Å²) in [6.07, 6.45) is 8.59. The highest BCUT2D eigenvalue weighted by atomic mass is 19.1. The van der Waals surface area contributed by atoms with Gasteiger partial charge in [-0.05, 0) is 85.5 Å². The average molecular weight is 535 g/mol. The van der Waals surface area contributed by atoms with Gasteiger partial charge < -0.3 is 19.3 Å². The van der Waals surface area contributed by atoms with E-state index >= 15 is 0 Å². The minimum atomic E-state index is -0.798. The number of halogens is 1. The second-order valence-electron chi connectivity index (χ2n) is 10.4. The number of carbonyl (C=O) groups is 1. The maximum absolute atomic E-state index is 14.9. The predicted octanol–water partition coefficient (Wildman–Crippen LogP) is 8.54. The van der Waals surface area contributed by atoms with Crippen molar-refractivity contribution in [1.82, 2.24) is 0 Å². The quantitative estimate of drug-likeness (QED) is 0.236. The lowest BCUT2D eigenvalue weighted by Gasteiger charge is -2.21. The Morgan fingerprint density at radius 1 is 0.974 bits per heavy atom. The van der Waals surface area contributed by atoms with Crippen LogP contribution >= 0.6 is 0 Å². The molecule has 208 valence electrons. The standard InChI is InChI=1S/C33H39FO5/c1-3-9-24(20-33(35)36)25-10-8-13-28(19-25)38-22-23-14-16-29(30-21-27(37-2)15-17-31(30)34)32(18-23)39-26-11-6-4-5-7-12-26/h8,10,13-19,21,24,26H,3-7,9,11-12,20,22H2,1-2H3,(H,35,36)/t24-/m1/s1. The van der Waals surface area contributed by atoms with Gasteiger partial charge in [0.2, 0.25) is 0 Å². The molecule has 0 aromatic heterocycles. The van der Waals surface area contributed by atoms with Crippen LogP contribution in [0.4, 0.5) is 4.39 Å². The summed E-state index contributed by atoms with van der Waals surface area (Å²) in [5.41, 5.74) is 3.01. The third kappa shape index (κ3) is 7.98. The molecule has 0 aliphatic heterocycles. The highest BCUT2D eigenvalue weighted by Crippen LogP contribution is 2.37. The van der Waals surface area contributed by atoms with Gasteiger partial charge in [-0.25, -0.2) is 4.39 Å². The Balaban J connectivity index is 1.58. The van der Waals surface area contributed by atoms with Gasteiger partial charge in [-0.1, -0.05) is 50.5 Å². The Bertz CT molecular complexity index is 1230. The molecule has 4 rings (SSSR count). The van der Waals surface area contributed by atoms with E-state index in [-0.39, 0.29) is 24.3 Å². The zero-order valence-electron chi connectivity index (χ0n) is 23.0. The number of aliphatic carboxylic acids is 1. The molecule has 5 nitrogen and oxygen atoms in total. The van der Waals surface area contributed by atoms with E-state index in [9.17, 15) is 14.3 Å². The van der Waals surface area contributed by atoms with Crippen LogP contribution in [0.3, 0.4) is 0 Å². The van der Waals surface area contributed by atoms with Gasteiger partial charge in [-0.15, -0.1) is 0 Å². The molecule has 1 aliphatic rings. The van der Waals surface area contributed by atoms with Crippen molar-refractivity contribution < 1.29 is 28.5 Å². The first-order valence-electron chi connectivity index (χ1n) is 14.0. The first-order valence-corrected chi connectivity index (χ1v) is 14.0. The van der Waals surface area contributed by atoms with Crippen molar-refractivity contribution in [2.75, 3.05) is 7.11 Å². The summed E-state index contributed by atoms with van der Waals surface area (Å²) >= 11 is 0. The molecular formula is C33H39FO5. The zero-order valence-corrected chi connectivity index (χ0v) is 23.0. The van der Waals surface area contributed by atoms with Gasteiger partial charge in [0, 0.05) is 11.1 Å². The largest absolute Gasteiger partial charge is 0.497 e. The second-order valence-corrected chi connectivity index (χ2v) is 10.4. The topological polar surface area (TPSA) is 65.0 Å². The number of ether oxygens (including phenoxy) is 3. The van der Waals surface area contributed by atoms with Crippen LogP contribution in [-0.4, -0.2) is 24.3 Å². The lowest BCUT2D eigenvalue weighted by molar-refractivity contribution is -0.137. The van der Waals surface area contributed by atoms with Gasteiger partial charge in [-0.2, -0.15) is 0 Å². The first-order chi connectivity index (χ1) is 19.0. The number of rotatable bonds is 12. The monoisotopic (exact) mass is 534 g/mol. The van der Waals surface area contributed by atoms with Gasteiger partial charge in [-0.3, -0.25) is 4.79 Å². The Hall–Kier alpha value is -3.54. The van der Waals surface area contributed by atoms with Crippen molar-refractivity contribution in [2.24, 2.45) is 0 Å². The smallest absolute Gasteiger partial charge is 0.303 e. The Kier molecular flexibility index (Phi) is 10.2. The molecule has 0 amide bonds. The molecule has 0 saturated heterocycles. The molecule has 3 aromatic rings. The van der Waals surface area contributed by atoms with Gasteiger partial charge in [0.05, 0.1) is 19.6 Å². The maximum Gasteiger partial charge on any atom is 0.303 e. The predicted molar refractivity (Wildman–Crippen MR) is 151 cm³/mol. The number of hydrogen-bond donors (Lipinski definition) is 1. The van der Waals surface area contributed by atoms with Crippen LogP contribution in [-0.2, 0) is 11.4 Å². The fraction of sp³-hybridized carbons (Fsp3) is 0.424. The first kappa shape index (κ1) is 28.5. The van der Waals surface area contributed by atoms with Crippen molar-refractivity contribution in [3.63, 3.8) is 0 Å². The Morgan fingerprint density at radius 2 is 1.77 bits per heavy atom. The average Bonchev–Trinajstić information content (AvgIpc) is 3.21. The number of carboxylic acids is 1. The third-order valence-corrected chi connectivity index (χ3v) is 7.40. The summed E-state index contributed by atoms with van der Waals surface area (Å²) in [7, 11) is 1.57. The summed E-state index contributed by atoms with van der Waals surface area (Å²) in [6.45, 7) is 2.37. The molecule has 0 bridgehead atoms. The normalized spacial score (nSPS) is 14.8. The lowest BCUT2D eigenvalue weighted by atomic mass is 9.91. The van der Waals surface area contributed by atoms with Crippen LogP contribution in [0.2, 0.25) is 0 Å². The summed E-state index contributed by atoms with van der Waals surface area (Å²) in [6, 6.07) is 18.2. The van der Waals surface area contributed by atoms with Gasteiger partial charge in [0.15, 0.2) is 0 Å². The van der Waals surface area contributed by atoms with E-state index in [0.717, 1.165) is 49.7 Å². The maximum atomic E-state index is 14.9. The molecule has 39 heavy (non-hydrogen) atoms. The molecule has 1 atom stereocenters. The number of benzene rings is 3. The molecule has 0 radical (unpaired) electrons. The van der Waals surface area contributed by atoms with Crippen LogP contribution in [0.1, 0.15) is 81.8 Å². The van der Waals surface area contributed by atoms with E-state index in [1.165, 1.54) is 18.9 Å². The Labute approximate surface area is 230 Å². The van der Waals surface area contributed by atoms with Crippen LogP contribution in [0.15, 0.2) is 60.7 Å². The van der Waals surface area contributed by atoms with E-state index < -0.39 is 5.97 Å². The van der Waals surface area contributed by atoms with Crippen molar-refractivity contribution in [3.05, 3.63) is 77.6 Å². The molecule has 1 fully saturated rings. The fourth-order valence-electron chi connectivity index (χ4n) is 5.32. The van der Waals surface area contributed by atoms with Gasteiger partial charge in [0.25, 0.3) is 0 Å². The highest BCUT2D eigenvalue weighted by molar-refractivity contribution is 5.73. The van der Waals surface area contributed by atoms with Crippen molar-refractivity contribution >= 4 is 5.97 Å². The molecule has 1 N–H and O–H groups in total. The number of methoxy groups -OCH3 is 1. The molecule has 3 aromatic carbocycles. The summed E-state index contributed by atoms with van der Waals surface area (Å²) in [4.78, 5) is 11.4. The zero-order chi connectivity index (χ0) is 27.6. The minimum Gasteiger partial charge on any atom is -0.497 e. The second kappa shape index (κ2) is 14.0. The van der Waals surface area contributed by atoms with Crippen LogP contribution < -0.4 is 14.2 Å². The highest BCUT2D eigenvalue weighted by Gasteiger charge is 2.19. The van der Waals surface area contributed by atoms with Crippen LogP contribution in [0.25, 0.3) is 11.1 Å².